The fraction of sp³-hybridized carbons (Fsp3) is 0.385. The van der Waals surface area contributed by atoms with Gasteiger partial charge in [0.25, 0.3) is 0 Å². The summed E-state index contributed by atoms with van der Waals surface area (Å²) in [5.74, 6) is 0. The fourth-order valence-electron chi connectivity index (χ4n) is 1.77. The second-order valence-electron chi connectivity index (χ2n) is 3.14. The molecule has 76 valence electrons. The summed E-state index contributed by atoms with van der Waals surface area (Å²) < 4.78 is 0. The fourth-order valence-corrected chi connectivity index (χ4v) is 1.77. The van der Waals surface area contributed by atoms with Crippen molar-refractivity contribution in [3.05, 3.63) is 41.5 Å². The summed E-state index contributed by atoms with van der Waals surface area (Å²) in [6, 6.07) is 6.47. The maximum Gasteiger partial charge on any atom is 0.0407 e. The SMILES string of the molecule is C=C1NCc2cccc(CC)c21.CC. The molecule has 2 rings (SSSR count). The molecule has 0 radical (unpaired) electrons. The van der Waals surface area contributed by atoms with Crippen molar-refractivity contribution in [1.82, 2.24) is 5.32 Å². The summed E-state index contributed by atoms with van der Waals surface area (Å²) in [5.41, 5.74) is 5.23. The highest BCUT2D eigenvalue weighted by atomic mass is 14.9. The third-order valence-corrected chi connectivity index (χ3v) is 2.41. The summed E-state index contributed by atoms with van der Waals surface area (Å²) in [6.07, 6.45) is 1.09. The van der Waals surface area contributed by atoms with Crippen LogP contribution < -0.4 is 5.32 Å². The van der Waals surface area contributed by atoms with Crippen LogP contribution in [0.3, 0.4) is 0 Å². The lowest BCUT2D eigenvalue weighted by atomic mass is 10.0. The minimum Gasteiger partial charge on any atom is -0.381 e. The molecule has 0 aliphatic carbocycles. The smallest absolute Gasteiger partial charge is 0.0407 e. The largest absolute Gasteiger partial charge is 0.381 e. The lowest BCUT2D eigenvalue weighted by molar-refractivity contribution is 0.946. The molecule has 1 heterocycles. The molecule has 1 aliphatic rings. The van der Waals surface area contributed by atoms with Crippen molar-refractivity contribution in [2.24, 2.45) is 0 Å². The lowest BCUT2D eigenvalue weighted by Crippen LogP contribution is -1.98. The van der Waals surface area contributed by atoms with Crippen LogP contribution in [0.4, 0.5) is 0 Å². The van der Waals surface area contributed by atoms with Crippen molar-refractivity contribution in [3.8, 4) is 0 Å². The number of benzene rings is 1. The molecule has 0 fully saturated rings. The first-order chi connectivity index (χ1) is 6.83. The van der Waals surface area contributed by atoms with Gasteiger partial charge in [-0.15, -0.1) is 0 Å². The predicted octanol–water partition coefficient (Wildman–Crippen LogP) is 3.35. The Bertz CT molecular complexity index is 326. The Hall–Kier alpha value is -1.24. The van der Waals surface area contributed by atoms with E-state index in [1.807, 2.05) is 13.8 Å². The van der Waals surface area contributed by atoms with Gasteiger partial charge in [-0.05, 0) is 17.5 Å². The Morgan fingerprint density at radius 1 is 1.36 bits per heavy atom. The first-order valence-electron chi connectivity index (χ1n) is 5.37. The molecule has 1 aromatic carbocycles. The average Bonchev–Trinajstić information content (AvgIpc) is 2.64. The number of rotatable bonds is 1. The van der Waals surface area contributed by atoms with Crippen LogP contribution in [-0.4, -0.2) is 0 Å². The van der Waals surface area contributed by atoms with Gasteiger partial charge in [-0.25, -0.2) is 0 Å². The second-order valence-corrected chi connectivity index (χ2v) is 3.14. The Morgan fingerprint density at radius 2 is 2.07 bits per heavy atom. The van der Waals surface area contributed by atoms with Crippen LogP contribution in [0, 0.1) is 0 Å². The van der Waals surface area contributed by atoms with E-state index in [-0.39, 0.29) is 0 Å². The van der Waals surface area contributed by atoms with Crippen LogP contribution in [0.5, 0.6) is 0 Å². The molecule has 0 saturated heterocycles. The van der Waals surface area contributed by atoms with E-state index in [0.717, 1.165) is 18.7 Å². The van der Waals surface area contributed by atoms with E-state index in [9.17, 15) is 0 Å². The Balaban J connectivity index is 0.000000461. The molecule has 14 heavy (non-hydrogen) atoms. The summed E-state index contributed by atoms with van der Waals surface area (Å²) in [7, 11) is 0. The molecule has 0 bridgehead atoms. The van der Waals surface area contributed by atoms with Crippen molar-refractivity contribution in [2.45, 2.75) is 33.7 Å². The third kappa shape index (κ3) is 1.82. The van der Waals surface area contributed by atoms with E-state index in [4.69, 9.17) is 0 Å². The standard InChI is InChI=1S/C11H13N.C2H6/c1-3-9-5-4-6-10-7-12-8(2)11(9)10;1-2/h4-6,12H,2-3,7H2,1H3;1-2H3. The number of aryl methyl sites for hydroxylation is 1. The highest BCUT2D eigenvalue weighted by Crippen LogP contribution is 2.26. The van der Waals surface area contributed by atoms with Gasteiger partial charge in [0.05, 0.1) is 0 Å². The van der Waals surface area contributed by atoms with E-state index >= 15 is 0 Å². The van der Waals surface area contributed by atoms with Crippen LogP contribution in [-0.2, 0) is 13.0 Å². The van der Waals surface area contributed by atoms with E-state index in [0.29, 0.717) is 0 Å². The molecule has 0 saturated carbocycles. The molecule has 0 unspecified atom stereocenters. The van der Waals surface area contributed by atoms with Crippen molar-refractivity contribution < 1.29 is 0 Å². The van der Waals surface area contributed by atoms with Crippen molar-refractivity contribution in [3.63, 3.8) is 0 Å². The molecule has 1 aromatic rings. The Morgan fingerprint density at radius 3 is 2.71 bits per heavy atom. The topological polar surface area (TPSA) is 12.0 Å². The maximum atomic E-state index is 3.99. The normalized spacial score (nSPS) is 12.6. The van der Waals surface area contributed by atoms with Crippen LogP contribution in [0.25, 0.3) is 5.70 Å². The summed E-state index contributed by atoms with van der Waals surface area (Å²) >= 11 is 0. The summed E-state index contributed by atoms with van der Waals surface area (Å²) in [4.78, 5) is 0. The van der Waals surface area contributed by atoms with Gasteiger partial charge in [-0.2, -0.15) is 0 Å². The lowest BCUT2D eigenvalue weighted by Gasteiger charge is -2.04. The summed E-state index contributed by atoms with van der Waals surface area (Å²) in [5, 5.41) is 3.27. The number of fused-ring (bicyclic) bond motifs is 1. The molecule has 0 aromatic heterocycles. The van der Waals surface area contributed by atoms with E-state index in [1.54, 1.807) is 0 Å². The Labute approximate surface area is 86.8 Å². The van der Waals surface area contributed by atoms with E-state index < -0.39 is 0 Å². The van der Waals surface area contributed by atoms with Gasteiger partial charge in [0.2, 0.25) is 0 Å². The number of hydrogen-bond acceptors (Lipinski definition) is 1. The van der Waals surface area contributed by atoms with Gasteiger partial charge in [0.15, 0.2) is 0 Å². The molecule has 1 aliphatic heterocycles. The molecule has 0 amide bonds. The minimum absolute atomic E-state index is 0.946. The van der Waals surface area contributed by atoms with Gasteiger partial charge >= 0.3 is 0 Å². The molecule has 0 spiro atoms. The Kier molecular flexibility index (Phi) is 3.75. The van der Waals surface area contributed by atoms with Gasteiger partial charge in [0, 0.05) is 17.8 Å². The van der Waals surface area contributed by atoms with Gasteiger partial charge in [-0.1, -0.05) is 45.5 Å². The minimum atomic E-state index is 0.946. The second kappa shape index (κ2) is 4.85. The van der Waals surface area contributed by atoms with Crippen LogP contribution in [0.15, 0.2) is 24.8 Å². The van der Waals surface area contributed by atoms with E-state index in [2.05, 4.69) is 37.0 Å². The van der Waals surface area contributed by atoms with Crippen LogP contribution >= 0.6 is 0 Å². The molecule has 1 heteroatoms. The first-order valence-corrected chi connectivity index (χ1v) is 5.37. The molecule has 0 atom stereocenters. The van der Waals surface area contributed by atoms with Gasteiger partial charge < -0.3 is 5.32 Å². The maximum absolute atomic E-state index is 3.99. The zero-order valence-corrected chi connectivity index (χ0v) is 9.35. The molecule has 1 N–H and O–H groups in total. The van der Waals surface area contributed by atoms with Crippen molar-refractivity contribution in [2.75, 3.05) is 0 Å². The highest BCUT2D eigenvalue weighted by Gasteiger charge is 2.15. The number of nitrogens with one attached hydrogen (secondary N) is 1. The summed E-state index contributed by atoms with van der Waals surface area (Å²) in [6.45, 7) is 11.1. The molecular weight excluding hydrogens is 170 g/mol. The molecular formula is C13H19N. The van der Waals surface area contributed by atoms with E-state index in [1.165, 1.54) is 16.7 Å². The number of hydrogen-bond donors (Lipinski definition) is 1. The van der Waals surface area contributed by atoms with Crippen molar-refractivity contribution >= 4 is 5.70 Å². The molecule has 1 nitrogen and oxygen atoms in total. The zero-order valence-electron chi connectivity index (χ0n) is 9.35. The quantitative estimate of drug-likeness (QED) is 0.714. The van der Waals surface area contributed by atoms with Crippen LogP contribution in [0.1, 0.15) is 37.5 Å². The first kappa shape index (κ1) is 10.8. The van der Waals surface area contributed by atoms with Gasteiger partial charge in [-0.3, -0.25) is 0 Å². The monoisotopic (exact) mass is 189 g/mol. The predicted molar refractivity (Wildman–Crippen MR) is 63.0 cm³/mol. The average molecular weight is 189 g/mol. The van der Waals surface area contributed by atoms with Gasteiger partial charge in [0.1, 0.15) is 0 Å². The highest BCUT2D eigenvalue weighted by molar-refractivity contribution is 5.71. The van der Waals surface area contributed by atoms with Crippen molar-refractivity contribution in [1.29, 1.82) is 0 Å². The van der Waals surface area contributed by atoms with Crippen LogP contribution in [0.2, 0.25) is 0 Å². The zero-order chi connectivity index (χ0) is 10.6. The third-order valence-electron chi connectivity index (χ3n) is 2.41.